The molecule has 2 aromatic carbocycles. The number of ketones is 1. The van der Waals surface area contributed by atoms with E-state index in [2.05, 4.69) is 17.2 Å². The highest BCUT2D eigenvalue weighted by molar-refractivity contribution is 5.96. The van der Waals surface area contributed by atoms with Crippen LogP contribution in [-0.4, -0.2) is 27.8 Å². The van der Waals surface area contributed by atoms with Crippen molar-refractivity contribution in [3.8, 4) is 5.75 Å². The minimum Gasteiger partial charge on any atom is -0.484 e. The molecular formula is C21H23N3O3. The standard InChI is InChI=1S/C21H23N3O3/c1-3-13-24-18-8-6-5-7-17(18)22-21(24)23-20(26)14-27-16-11-9-15(10-12-16)19(25)4-2/h5-12H,3-4,13-14H2,1-2H3,(H,22,23,26). The predicted octanol–water partition coefficient (Wildman–Crippen LogP) is 4.06. The monoisotopic (exact) mass is 365 g/mol. The van der Waals surface area contributed by atoms with Gasteiger partial charge in [0.25, 0.3) is 5.91 Å². The van der Waals surface area contributed by atoms with Gasteiger partial charge in [0.15, 0.2) is 12.4 Å². The van der Waals surface area contributed by atoms with Crippen LogP contribution in [0, 0.1) is 0 Å². The van der Waals surface area contributed by atoms with E-state index in [-0.39, 0.29) is 18.3 Å². The van der Waals surface area contributed by atoms with Gasteiger partial charge >= 0.3 is 0 Å². The van der Waals surface area contributed by atoms with Gasteiger partial charge in [-0.15, -0.1) is 0 Å². The molecule has 1 aromatic heterocycles. The Kier molecular flexibility index (Phi) is 5.86. The van der Waals surface area contributed by atoms with Crippen LogP contribution in [0.25, 0.3) is 11.0 Å². The quantitative estimate of drug-likeness (QED) is 0.611. The second kappa shape index (κ2) is 8.49. The Morgan fingerprint density at radius 2 is 1.81 bits per heavy atom. The first-order valence-corrected chi connectivity index (χ1v) is 9.13. The molecule has 1 amide bonds. The lowest BCUT2D eigenvalue weighted by Crippen LogP contribution is -2.22. The molecule has 0 aliphatic rings. The van der Waals surface area contributed by atoms with Crippen molar-refractivity contribution in [2.24, 2.45) is 0 Å². The topological polar surface area (TPSA) is 73.2 Å². The highest BCUT2D eigenvalue weighted by Crippen LogP contribution is 2.20. The second-order valence-electron chi connectivity index (χ2n) is 6.21. The summed E-state index contributed by atoms with van der Waals surface area (Å²) in [7, 11) is 0. The first-order chi connectivity index (χ1) is 13.1. The highest BCUT2D eigenvalue weighted by atomic mass is 16.5. The first-order valence-electron chi connectivity index (χ1n) is 9.13. The Morgan fingerprint density at radius 3 is 2.52 bits per heavy atom. The molecule has 0 saturated carbocycles. The number of anilines is 1. The van der Waals surface area contributed by atoms with Crippen molar-refractivity contribution in [3.05, 3.63) is 54.1 Å². The smallest absolute Gasteiger partial charge is 0.264 e. The molecule has 1 heterocycles. The molecule has 0 aliphatic heterocycles. The minimum absolute atomic E-state index is 0.0779. The van der Waals surface area contributed by atoms with Crippen LogP contribution in [0.1, 0.15) is 37.0 Å². The van der Waals surface area contributed by atoms with Crippen LogP contribution in [0.15, 0.2) is 48.5 Å². The molecule has 1 N–H and O–H groups in total. The molecule has 6 heteroatoms. The summed E-state index contributed by atoms with van der Waals surface area (Å²) in [6.45, 7) is 4.54. The third-order valence-corrected chi connectivity index (χ3v) is 4.22. The number of fused-ring (bicyclic) bond motifs is 1. The zero-order valence-electron chi connectivity index (χ0n) is 15.6. The summed E-state index contributed by atoms with van der Waals surface area (Å²) in [5, 5.41) is 2.83. The first kappa shape index (κ1) is 18.6. The molecule has 3 aromatic rings. The van der Waals surface area contributed by atoms with Crippen molar-refractivity contribution >= 4 is 28.7 Å². The van der Waals surface area contributed by atoms with E-state index in [1.165, 1.54) is 0 Å². The second-order valence-corrected chi connectivity index (χ2v) is 6.21. The zero-order valence-corrected chi connectivity index (χ0v) is 15.6. The van der Waals surface area contributed by atoms with Gasteiger partial charge in [0, 0.05) is 18.5 Å². The summed E-state index contributed by atoms with van der Waals surface area (Å²) in [6, 6.07) is 14.6. The third kappa shape index (κ3) is 4.34. The van der Waals surface area contributed by atoms with Crippen LogP contribution in [0.2, 0.25) is 0 Å². The Morgan fingerprint density at radius 1 is 1.07 bits per heavy atom. The summed E-state index contributed by atoms with van der Waals surface area (Å²) >= 11 is 0. The zero-order chi connectivity index (χ0) is 19.2. The normalized spacial score (nSPS) is 10.7. The van der Waals surface area contributed by atoms with Crippen LogP contribution < -0.4 is 10.1 Å². The fraction of sp³-hybridized carbons (Fsp3) is 0.286. The Labute approximate surface area is 158 Å². The van der Waals surface area contributed by atoms with Crippen molar-refractivity contribution in [3.63, 3.8) is 0 Å². The average Bonchev–Trinajstić information content (AvgIpc) is 3.03. The number of amides is 1. The number of nitrogens with one attached hydrogen (secondary N) is 1. The van der Waals surface area contributed by atoms with E-state index in [9.17, 15) is 9.59 Å². The number of Topliss-reactive ketones (excluding diaryl/α,β-unsaturated/α-hetero) is 1. The maximum absolute atomic E-state index is 12.3. The van der Waals surface area contributed by atoms with Gasteiger partial charge in [-0.3, -0.25) is 14.9 Å². The molecular weight excluding hydrogens is 342 g/mol. The van der Waals surface area contributed by atoms with E-state index in [4.69, 9.17) is 4.74 Å². The number of aromatic nitrogens is 2. The summed E-state index contributed by atoms with van der Waals surface area (Å²) in [4.78, 5) is 28.4. The third-order valence-electron chi connectivity index (χ3n) is 4.22. The lowest BCUT2D eigenvalue weighted by molar-refractivity contribution is -0.118. The molecule has 0 fully saturated rings. The highest BCUT2D eigenvalue weighted by Gasteiger charge is 2.13. The Hall–Kier alpha value is -3.15. The van der Waals surface area contributed by atoms with Gasteiger partial charge in [-0.1, -0.05) is 26.0 Å². The lowest BCUT2D eigenvalue weighted by Gasteiger charge is -2.10. The maximum Gasteiger partial charge on any atom is 0.264 e. The molecule has 6 nitrogen and oxygen atoms in total. The fourth-order valence-electron chi connectivity index (χ4n) is 2.87. The van der Waals surface area contributed by atoms with Crippen molar-refractivity contribution < 1.29 is 14.3 Å². The van der Waals surface area contributed by atoms with Gasteiger partial charge in [0.2, 0.25) is 5.95 Å². The minimum atomic E-state index is -0.281. The van der Waals surface area contributed by atoms with Crippen LogP contribution in [0.5, 0.6) is 5.75 Å². The van der Waals surface area contributed by atoms with Crippen LogP contribution >= 0.6 is 0 Å². The Bertz CT molecular complexity index is 945. The number of hydrogen-bond donors (Lipinski definition) is 1. The van der Waals surface area contributed by atoms with Crippen molar-refractivity contribution in [2.45, 2.75) is 33.2 Å². The number of para-hydroxylation sites is 2. The number of carbonyl (C=O) groups is 2. The number of imidazole rings is 1. The SMILES string of the molecule is CCCn1c(NC(=O)COc2ccc(C(=O)CC)cc2)nc2ccccc21. The van der Waals surface area contributed by atoms with E-state index in [1.807, 2.05) is 35.8 Å². The number of hydrogen-bond acceptors (Lipinski definition) is 4. The number of aryl methyl sites for hydroxylation is 1. The van der Waals surface area contributed by atoms with Crippen LogP contribution in [-0.2, 0) is 11.3 Å². The van der Waals surface area contributed by atoms with Gasteiger partial charge in [0.05, 0.1) is 11.0 Å². The van der Waals surface area contributed by atoms with Gasteiger partial charge in [-0.05, 0) is 42.8 Å². The number of carbonyl (C=O) groups excluding carboxylic acids is 2. The summed E-state index contributed by atoms with van der Waals surface area (Å²) in [6.07, 6.45) is 1.39. The average molecular weight is 365 g/mol. The predicted molar refractivity (Wildman–Crippen MR) is 105 cm³/mol. The Balaban J connectivity index is 1.65. The van der Waals surface area contributed by atoms with Crippen molar-refractivity contribution in [1.29, 1.82) is 0 Å². The molecule has 3 rings (SSSR count). The van der Waals surface area contributed by atoms with E-state index in [1.54, 1.807) is 24.3 Å². The van der Waals surface area contributed by atoms with E-state index < -0.39 is 0 Å². The lowest BCUT2D eigenvalue weighted by atomic mass is 10.1. The van der Waals surface area contributed by atoms with Crippen LogP contribution in [0.3, 0.4) is 0 Å². The van der Waals surface area contributed by atoms with Crippen molar-refractivity contribution in [2.75, 3.05) is 11.9 Å². The molecule has 0 aliphatic carbocycles. The van der Waals surface area contributed by atoms with E-state index in [0.29, 0.717) is 23.7 Å². The summed E-state index contributed by atoms with van der Waals surface area (Å²) in [5.74, 6) is 0.862. The molecule has 0 radical (unpaired) electrons. The number of benzene rings is 2. The van der Waals surface area contributed by atoms with Crippen LogP contribution in [0.4, 0.5) is 5.95 Å². The maximum atomic E-state index is 12.3. The number of rotatable bonds is 8. The molecule has 0 bridgehead atoms. The van der Waals surface area contributed by atoms with Gasteiger partial charge in [-0.2, -0.15) is 0 Å². The number of ether oxygens (including phenoxy) is 1. The van der Waals surface area contributed by atoms with Gasteiger partial charge in [-0.25, -0.2) is 4.98 Å². The molecule has 0 spiro atoms. The number of nitrogens with zero attached hydrogens (tertiary/aromatic N) is 2. The van der Waals surface area contributed by atoms with Gasteiger partial charge in [0.1, 0.15) is 5.75 Å². The largest absolute Gasteiger partial charge is 0.484 e. The van der Waals surface area contributed by atoms with E-state index in [0.717, 1.165) is 24.0 Å². The molecule has 0 saturated heterocycles. The fourth-order valence-corrected chi connectivity index (χ4v) is 2.87. The van der Waals surface area contributed by atoms with E-state index >= 15 is 0 Å². The van der Waals surface area contributed by atoms with Crippen molar-refractivity contribution in [1.82, 2.24) is 9.55 Å². The molecule has 0 atom stereocenters. The molecule has 27 heavy (non-hydrogen) atoms. The van der Waals surface area contributed by atoms with Gasteiger partial charge < -0.3 is 9.30 Å². The molecule has 0 unspecified atom stereocenters. The summed E-state index contributed by atoms with van der Waals surface area (Å²) < 4.78 is 7.52. The summed E-state index contributed by atoms with van der Waals surface area (Å²) in [5.41, 5.74) is 2.48. The molecule has 140 valence electrons.